The van der Waals surface area contributed by atoms with Gasteiger partial charge >= 0.3 is 6.18 Å². The standard InChI is InChI=1S/C32H30F4N2O2/c1-2-3-4-9-29(40)38-27-8-6-5-7-25(27)37-26-18-22(20-12-16-24(33)17-13-20)19-28(39)30(26)31(38)21-10-14-23(15-11-21)32(34,35)36/h5-8,10-17,22,31,37H,2-4,9,18-19H2,1H3/t22-,31-/m1/s1. The molecular weight excluding hydrogens is 520 g/mol. The van der Waals surface area contributed by atoms with Gasteiger partial charge in [0, 0.05) is 24.1 Å². The first kappa shape index (κ1) is 27.6. The van der Waals surface area contributed by atoms with Gasteiger partial charge in [-0.3, -0.25) is 14.5 Å². The highest BCUT2D eigenvalue weighted by atomic mass is 19.4. The first-order valence-electron chi connectivity index (χ1n) is 13.5. The summed E-state index contributed by atoms with van der Waals surface area (Å²) in [6.07, 6.45) is -1.27. The maximum atomic E-state index is 13.9. The highest BCUT2D eigenvalue weighted by Crippen LogP contribution is 2.48. The number of halogens is 4. The molecule has 1 aliphatic carbocycles. The molecule has 0 fully saturated rings. The maximum absolute atomic E-state index is 13.9. The number of benzene rings is 3. The Morgan fingerprint density at radius 1 is 0.925 bits per heavy atom. The van der Waals surface area contributed by atoms with Crippen LogP contribution in [-0.2, 0) is 15.8 Å². The zero-order valence-corrected chi connectivity index (χ0v) is 22.1. The number of nitrogens with one attached hydrogen (secondary N) is 1. The molecule has 5 rings (SSSR count). The predicted octanol–water partition coefficient (Wildman–Crippen LogP) is 8.33. The molecule has 1 amide bonds. The first-order valence-corrected chi connectivity index (χ1v) is 13.5. The lowest BCUT2D eigenvalue weighted by Gasteiger charge is -2.35. The molecule has 4 nitrogen and oxygen atoms in total. The van der Waals surface area contributed by atoms with E-state index in [1.165, 1.54) is 24.3 Å². The van der Waals surface area contributed by atoms with Gasteiger partial charge in [0.15, 0.2) is 5.78 Å². The average molecular weight is 551 g/mol. The first-order chi connectivity index (χ1) is 19.2. The van der Waals surface area contributed by atoms with Gasteiger partial charge in [0.25, 0.3) is 0 Å². The van der Waals surface area contributed by atoms with Crippen LogP contribution >= 0.6 is 0 Å². The number of nitrogens with zero attached hydrogens (tertiary/aromatic N) is 1. The summed E-state index contributed by atoms with van der Waals surface area (Å²) in [6.45, 7) is 2.04. The van der Waals surface area contributed by atoms with Crippen molar-refractivity contribution >= 4 is 23.1 Å². The zero-order valence-electron chi connectivity index (χ0n) is 22.1. The van der Waals surface area contributed by atoms with Crippen molar-refractivity contribution in [3.8, 4) is 0 Å². The van der Waals surface area contributed by atoms with Crippen LogP contribution in [0.5, 0.6) is 0 Å². The largest absolute Gasteiger partial charge is 0.416 e. The number of amides is 1. The SMILES string of the molecule is CCCCCC(=O)N1c2ccccc2NC2=C(C(=O)C[C@H](c3ccc(F)cc3)C2)[C@H]1c1ccc(C(F)(F)F)cc1. The van der Waals surface area contributed by atoms with Crippen molar-refractivity contribution in [2.24, 2.45) is 0 Å². The van der Waals surface area contributed by atoms with E-state index in [0.29, 0.717) is 41.1 Å². The van der Waals surface area contributed by atoms with E-state index in [1.807, 2.05) is 19.1 Å². The molecule has 0 radical (unpaired) electrons. The predicted molar refractivity (Wildman–Crippen MR) is 146 cm³/mol. The van der Waals surface area contributed by atoms with Gasteiger partial charge in [0.2, 0.25) is 5.91 Å². The van der Waals surface area contributed by atoms with Gasteiger partial charge in [0.05, 0.1) is 23.0 Å². The molecular formula is C32H30F4N2O2. The lowest BCUT2D eigenvalue weighted by molar-refractivity contribution is -0.137. The van der Waals surface area contributed by atoms with Crippen molar-refractivity contribution in [1.82, 2.24) is 0 Å². The number of rotatable bonds is 6. The fraction of sp³-hybridized carbons (Fsp3) is 0.312. The number of carbonyl (C=O) groups excluding carboxylic acids is 2. The lowest BCUT2D eigenvalue weighted by Crippen LogP contribution is -2.38. The molecule has 40 heavy (non-hydrogen) atoms. The Labute approximate surface area is 230 Å². The Balaban J connectivity index is 1.66. The molecule has 8 heteroatoms. The van der Waals surface area contributed by atoms with Crippen molar-refractivity contribution in [2.75, 3.05) is 10.2 Å². The summed E-state index contributed by atoms with van der Waals surface area (Å²) in [7, 11) is 0. The molecule has 0 saturated carbocycles. The summed E-state index contributed by atoms with van der Waals surface area (Å²) >= 11 is 0. The topological polar surface area (TPSA) is 49.4 Å². The van der Waals surface area contributed by atoms with E-state index in [2.05, 4.69) is 5.32 Å². The summed E-state index contributed by atoms with van der Waals surface area (Å²) in [6, 6.07) is 17.1. The second-order valence-electron chi connectivity index (χ2n) is 10.4. The van der Waals surface area contributed by atoms with Crippen LogP contribution in [0.15, 0.2) is 84.1 Å². The number of unbranched alkanes of at least 4 members (excludes halogenated alkanes) is 2. The third-order valence-corrected chi connectivity index (χ3v) is 7.65. The molecule has 0 spiro atoms. The quantitative estimate of drug-likeness (QED) is 0.248. The number of anilines is 2. The second kappa shape index (κ2) is 11.3. The molecule has 2 aliphatic rings. The molecule has 208 valence electrons. The smallest absolute Gasteiger partial charge is 0.357 e. The van der Waals surface area contributed by atoms with Gasteiger partial charge in [-0.25, -0.2) is 4.39 Å². The molecule has 2 atom stereocenters. The van der Waals surface area contributed by atoms with Gasteiger partial charge < -0.3 is 5.32 Å². The second-order valence-corrected chi connectivity index (χ2v) is 10.4. The van der Waals surface area contributed by atoms with Crippen molar-refractivity contribution in [3.63, 3.8) is 0 Å². The fourth-order valence-corrected chi connectivity index (χ4v) is 5.65. The van der Waals surface area contributed by atoms with E-state index in [4.69, 9.17) is 0 Å². The molecule has 0 saturated heterocycles. The van der Waals surface area contributed by atoms with Crippen molar-refractivity contribution in [2.45, 2.75) is 63.6 Å². The highest BCUT2D eigenvalue weighted by Gasteiger charge is 2.42. The van der Waals surface area contributed by atoms with Gasteiger partial charge in [-0.2, -0.15) is 13.2 Å². The number of ketones is 1. The number of hydrogen-bond donors (Lipinski definition) is 1. The van der Waals surface area contributed by atoms with Gasteiger partial charge in [0.1, 0.15) is 5.82 Å². The van der Waals surface area contributed by atoms with Crippen molar-refractivity contribution in [1.29, 1.82) is 0 Å². The van der Waals surface area contributed by atoms with Gasteiger partial charge in [-0.05, 0) is 66.3 Å². The Kier molecular flexibility index (Phi) is 7.79. The molecule has 3 aromatic carbocycles. The Morgan fingerprint density at radius 2 is 1.60 bits per heavy atom. The summed E-state index contributed by atoms with van der Waals surface area (Å²) in [5, 5.41) is 3.40. The minimum atomic E-state index is -4.51. The Morgan fingerprint density at radius 3 is 2.27 bits per heavy atom. The summed E-state index contributed by atoms with van der Waals surface area (Å²) in [5.41, 5.74) is 2.64. The maximum Gasteiger partial charge on any atom is 0.416 e. The Hall–Kier alpha value is -3.94. The minimum Gasteiger partial charge on any atom is -0.357 e. The van der Waals surface area contributed by atoms with E-state index in [9.17, 15) is 27.2 Å². The lowest BCUT2D eigenvalue weighted by atomic mass is 9.78. The summed E-state index contributed by atoms with van der Waals surface area (Å²) in [5.74, 6) is -0.986. The van der Waals surface area contributed by atoms with Crippen LogP contribution < -0.4 is 10.2 Å². The number of carbonyl (C=O) groups is 2. The van der Waals surface area contributed by atoms with E-state index < -0.39 is 17.8 Å². The number of allylic oxidation sites excluding steroid dienone is 1. The van der Waals surface area contributed by atoms with Crippen molar-refractivity contribution < 1.29 is 27.2 Å². The van der Waals surface area contributed by atoms with Gasteiger partial charge in [-0.15, -0.1) is 0 Å². The van der Waals surface area contributed by atoms with Crippen LogP contribution in [0.1, 0.15) is 74.1 Å². The number of hydrogen-bond acceptors (Lipinski definition) is 3. The van der Waals surface area contributed by atoms with E-state index >= 15 is 0 Å². The van der Waals surface area contributed by atoms with Crippen LogP contribution in [0.25, 0.3) is 0 Å². The minimum absolute atomic E-state index is 0.136. The van der Waals surface area contributed by atoms with Crippen LogP contribution in [0, 0.1) is 5.82 Å². The zero-order chi connectivity index (χ0) is 28.4. The van der Waals surface area contributed by atoms with Crippen LogP contribution in [0.2, 0.25) is 0 Å². The highest BCUT2D eigenvalue weighted by molar-refractivity contribution is 6.06. The molecule has 1 aliphatic heterocycles. The Bertz CT molecular complexity index is 1430. The normalized spacial score (nSPS) is 19.0. The molecule has 3 aromatic rings. The van der Waals surface area contributed by atoms with Crippen molar-refractivity contribution in [3.05, 3.63) is 107 Å². The molecule has 0 aromatic heterocycles. The molecule has 0 bridgehead atoms. The van der Waals surface area contributed by atoms with Crippen LogP contribution in [0.3, 0.4) is 0 Å². The van der Waals surface area contributed by atoms with Gasteiger partial charge in [-0.1, -0.05) is 56.2 Å². The number of Topliss-reactive ketones (excluding diaryl/α,β-unsaturated/α-hetero) is 1. The van der Waals surface area contributed by atoms with Crippen LogP contribution in [0.4, 0.5) is 28.9 Å². The number of fused-ring (bicyclic) bond motifs is 1. The van der Waals surface area contributed by atoms with E-state index in [0.717, 1.165) is 30.5 Å². The average Bonchev–Trinajstić information content (AvgIpc) is 3.08. The molecule has 1 N–H and O–H groups in total. The molecule has 0 unspecified atom stereocenters. The molecule has 1 heterocycles. The van der Waals surface area contributed by atoms with E-state index in [1.54, 1.807) is 29.2 Å². The van der Waals surface area contributed by atoms with Crippen LogP contribution in [-0.4, -0.2) is 11.7 Å². The van der Waals surface area contributed by atoms with E-state index in [-0.39, 0.29) is 36.3 Å². The number of para-hydroxylation sites is 2. The third-order valence-electron chi connectivity index (χ3n) is 7.65. The summed E-state index contributed by atoms with van der Waals surface area (Å²) in [4.78, 5) is 29.4. The summed E-state index contributed by atoms with van der Waals surface area (Å²) < 4.78 is 53.8. The number of alkyl halides is 3. The fourth-order valence-electron chi connectivity index (χ4n) is 5.65. The third kappa shape index (κ3) is 5.53. The monoisotopic (exact) mass is 550 g/mol.